The summed E-state index contributed by atoms with van der Waals surface area (Å²) in [5.41, 5.74) is 1.30. The van der Waals surface area contributed by atoms with Crippen LogP contribution < -0.4 is 0 Å². The fourth-order valence-electron chi connectivity index (χ4n) is 3.43. The molecule has 5 nitrogen and oxygen atoms in total. The van der Waals surface area contributed by atoms with Gasteiger partial charge in [-0.1, -0.05) is 12.1 Å². The van der Waals surface area contributed by atoms with Gasteiger partial charge in [0, 0.05) is 6.54 Å². The molecular formula is C15H21NO4S. The molecule has 1 aromatic rings. The van der Waals surface area contributed by atoms with Gasteiger partial charge in [0.25, 0.3) is 0 Å². The number of aliphatic hydroxyl groups excluding tert-OH is 1. The van der Waals surface area contributed by atoms with Gasteiger partial charge in [0.1, 0.15) is 0 Å². The summed E-state index contributed by atoms with van der Waals surface area (Å²) in [6.07, 6.45) is 2.85. The van der Waals surface area contributed by atoms with Gasteiger partial charge in [-0.2, -0.15) is 4.31 Å². The van der Waals surface area contributed by atoms with Crippen LogP contribution in [0.25, 0.3) is 0 Å². The van der Waals surface area contributed by atoms with E-state index in [0.717, 1.165) is 19.3 Å². The zero-order chi connectivity index (χ0) is 15.0. The minimum Gasteiger partial charge on any atom is -0.392 e. The van der Waals surface area contributed by atoms with Gasteiger partial charge in [0.15, 0.2) is 0 Å². The molecule has 3 rings (SSSR count). The molecule has 1 aliphatic carbocycles. The maximum atomic E-state index is 13.0. The largest absolute Gasteiger partial charge is 0.392 e. The molecule has 0 radical (unpaired) electrons. The van der Waals surface area contributed by atoms with Crippen molar-refractivity contribution in [2.45, 2.75) is 49.8 Å². The number of rotatable bonds is 3. The molecule has 1 saturated carbocycles. The molecule has 1 aliphatic heterocycles. The van der Waals surface area contributed by atoms with E-state index in [0.29, 0.717) is 29.2 Å². The molecule has 1 heterocycles. The number of aliphatic hydroxyl groups is 1. The Hall–Kier alpha value is -0.950. The zero-order valence-electron chi connectivity index (χ0n) is 12.2. The second-order valence-electron chi connectivity index (χ2n) is 5.72. The number of hydrogen-bond acceptors (Lipinski definition) is 4. The van der Waals surface area contributed by atoms with E-state index in [1.807, 2.05) is 0 Å². The Morgan fingerprint density at radius 3 is 2.95 bits per heavy atom. The highest BCUT2D eigenvalue weighted by molar-refractivity contribution is 7.89. The lowest BCUT2D eigenvalue weighted by Crippen LogP contribution is -2.51. The number of nitrogens with zero attached hydrogens (tertiary/aromatic N) is 1. The highest BCUT2D eigenvalue weighted by atomic mass is 32.2. The zero-order valence-corrected chi connectivity index (χ0v) is 13.0. The van der Waals surface area contributed by atoms with Crippen molar-refractivity contribution in [2.75, 3.05) is 13.2 Å². The van der Waals surface area contributed by atoms with Crippen LogP contribution in [0.15, 0.2) is 23.1 Å². The average molecular weight is 311 g/mol. The van der Waals surface area contributed by atoms with E-state index in [2.05, 4.69) is 0 Å². The van der Waals surface area contributed by atoms with E-state index in [-0.39, 0.29) is 18.8 Å². The van der Waals surface area contributed by atoms with Gasteiger partial charge in [-0.15, -0.1) is 0 Å². The SMILES string of the molecule is Cc1c(CO)cccc1S(=O)(=O)N1CCOC2CCCC21. The summed E-state index contributed by atoms with van der Waals surface area (Å²) in [6, 6.07) is 5.04. The maximum Gasteiger partial charge on any atom is 0.243 e. The number of morpholine rings is 1. The molecule has 0 aromatic heterocycles. The van der Waals surface area contributed by atoms with Crippen LogP contribution in [0.1, 0.15) is 30.4 Å². The molecule has 2 unspecified atom stereocenters. The Kier molecular flexibility index (Phi) is 4.05. The standard InChI is InChI=1S/C15H21NO4S/c1-11-12(10-17)4-2-7-15(11)21(18,19)16-8-9-20-14-6-3-5-13(14)16/h2,4,7,13-14,17H,3,5-6,8-10H2,1H3. The molecule has 0 bridgehead atoms. The third-order valence-electron chi connectivity index (χ3n) is 4.58. The molecular weight excluding hydrogens is 290 g/mol. The number of fused-ring (bicyclic) bond motifs is 1. The van der Waals surface area contributed by atoms with E-state index >= 15 is 0 Å². The highest BCUT2D eigenvalue weighted by Gasteiger charge is 2.42. The van der Waals surface area contributed by atoms with Crippen molar-refractivity contribution in [1.82, 2.24) is 4.31 Å². The Labute approximate surface area is 125 Å². The summed E-state index contributed by atoms with van der Waals surface area (Å²) in [7, 11) is -3.54. The van der Waals surface area contributed by atoms with Crippen molar-refractivity contribution >= 4 is 10.0 Å². The van der Waals surface area contributed by atoms with Crippen molar-refractivity contribution < 1.29 is 18.3 Å². The number of benzene rings is 1. The van der Waals surface area contributed by atoms with Gasteiger partial charge in [0.2, 0.25) is 10.0 Å². The van der Waals surface area contributed by atoms with Crippen molar-refractivity contribution in [1.29, 1.82) is 0 Å². The summed E-state index contributed by atoms with van der Waals surface area (Å²) >= 11 is 0. The topological polar surface area (TPSA) is 66.8 Å². The van der Waals surface area contributed by atoms with Gasteiger partial charge in [-0.25, -0.2) is 8.42 Å². The summed E-state index contributed by atoms with van der Waals surface area (Å²) in [6.45, 7) is 2.47. The molecule has 21 heavy (non-hydrogen) atoms. The van der Waals surface area contributed by atoms with Crippen LogP contribution in [0.2, 0.25) is 0 Å². The van der Waals surface area contributed by atoms with Crippen molar-refractivity contribution in [3.05, 3.63) is 29.3 Å². The van der Waals surface area contributed by atoms with Crippen LogP contribution in [0.5, 0.6) is 0 Å². The first-order valence-electron chi connectivity index (χ1n) is 7.38. The summed E-state index contributed by atoms with van der Waals surface area (Å²) < 4.78 is 33.3. The fraction of sp³-hybridized carbons (Fsp3) is 0.600. The first-order valence-corrected chi connectivity index (χ1v) is 8.82. The fourth-order valence-corrected chi connectivity index (χ4v) is 5.36. The Morgan fingerprint density at radius 2 is 2.19 bits per heavy atom. The second-order valence-corrected chi connectivity index (χ2v) is 7.58. The molecule has 6 heteroatoms. The molecule has 0 amide bonds. The van der Waals surface area contributed by atoms with Gasteiger partial charge >= 0.3 is 0 Å². The molecule has 2 aliphatic rings. The maximum absolute atomic E-state index is 13.0. The number of ether oxygens (including phenoxy) is 1. The highest BCUT2D eigenvalue weighted by Crippen LogP contribution is 2.34. The van der Waals surface area contributed by atoms with Gasteiger partial charge < -0.3 is 9.84 Å². The quantitative estimate of drug-likeness (QED) is 0.917. The normalized spacial score (nSPS) is 26.8. The minimum atomic E-state index is -3.54. The average Bonchev–Trinajstić information content (AvgIpc) is 2.95. The van der Waals surface area contributed by atoms with Crippen molar-refractivity contribution in [3.8, 4) is 0 Å². The van der Waals surface area contributed by atoms with Crippen LogP contribution in [0.3, 0.4) is 0 Å². The molecule has 2 atom stereocenters. The third kappa shape index (κ3) is 2.50. The Morgan fingerprint density at radius 1 is 1.38 bits per heavy atom. The van der Waals surface area contributed by atoms with E-state index in [9.17, 15) is 13.5 Å². The Balaban J connectivity index is 2.00. The first kappa shape index (κ1) is 15.0. The molecule has 1 saturated heterocycles. The van der Waals surface area contributed by atoms with Crippen LogP contribution in [0, 0.1) is 6.92 Å². The smallest absolute Gasteiger partial charge is 0.243 e. The third-order valence-corrected chi connectivity index (χ3v) is 6.65. The van der Waals surface area contributed by atoms with Gasteiger partial charge in [-0.05, 0) is 43.4 Å². The van der Waals surface area contributed by atoms with E-state index in [1.54, 1.807) is 29.4 Å². The molecule has 1 aromatic carbocycles. The van der Waals surface area contributed by atoms with E-state index in [4.69, 9.17) is 4.74 Å². The van der Waals surface area contributed by atoms with E-state index < -0.39 is 10.0 Å². The van der Waals surface area contributed by atoms with Crippen LogP contribution in [0.4, 0.5) is 0 Å². The molecule has 2 fully saturated rings. The molecule has 116 valence electrons. The predicted molar refractivity (Wildman–Crippen MR) is 78.4 cm³/mol. The van der Waals surface area contributed by atoms with Crippen LogP contribution >= 0.6 is 0 Å². The van der Waals surface area contributed by atoms with Crippen LogP contribution in [-0.4, -0.2) is 43.1 Å². The predicted octanol–water partition coefficient (Wildman–Crippen LogP) is 1.43. The molecule has 0 spiro atoms. The molecule has 1 N–H and O–H groups in total. The first-order chi connectivity index (χ1) is 10.1. The summed E-state index contributed by atoms with van der Waals surface area (Å²) in [5, 5.41) is 9.34. The lowest BCUT2D eigenvalue weighted by Gasteiger charge is -2.36. The minimum absolute atomic E-state index is 0.0369. The lowest BCUT2D eigenvalue weighted by molar-refractivity contribution is -0.0241. The second kappa shape index (κ2) is 5.68. The Bertz CT molecular complexity index is 629. The summed E-state index contributed by atoms with van der Waals surface area (Å²) in [5.74, 6) is 0. The lowest BCUT2D eigenvalue weighted by atomic mass is 10.1. The summed E-state index contributed by atoms with van der Waals surface area (Å²) in [4.78, 5) is 0.307. The van der Waals surface area contributed by atoms with Gasteiger partial charge in [0.05, 0.1) is 30.3 Å². The number of sulfonamides is 1. The number of hydrogen-bond donors (Lipinski definition) is 1. The van der Waals surface area contributed by atoms with Crippen LogP contribution in [-0.2, 0) is 21.4 Å². The van der Waals surface area contributed by atoms with Crippen molar-refractivity contribution in [3.63, 3.8) is 0 Å². The van der Waals surface area contributed by atoms with Crippen molar-refractivity contribution in [2.24, 2.45) is 0 Å². The van der Waals surface area contributed by atoms with Gasteiger partial charge in [-0.3, -0.25) is 0 Å². The monoisotopic (exact) mass is 311 g/mol. The van der Waals surface area contributed by atoms with E-state index in [1.165, 1.54) is 0 Å².